The number of halogens is 3. The molecule has 1 aromatic carbocycles. The maximum atomic E-state index is 11.1. The summed E-state index contributed by atoms with van der Waals surface area (Å²) in [6.45, 7) is 0. The van der Waals surface area contributed by atoms with Crippen LogP contribution in [-0.2, 0) is 20.7 Å². The third-order valence-corrected chi connectivity index (χ3v) is 2.36. The summed E-state index contributed by atoms with van der Waals surface area (Å²) in [6.07, 6.45) is -4.61. The van der Waals surface area contributed by atoms with E-state index in [0.717, 1.165) is 11.3 Å². The number of methoxy groups -OCH3 is 2. The Bertz CT molecular complexity index is 487. The molecule has 1 aromatic rings. The number of nitrogens with two attached hydrogens (primary N) is 1. The molecule has 3 N–H and O–H groups in total. The van der Waals surface area contributed by atoms with Gasteiger partial charge in [0.25, 0.3) is 0 Å². The summed E-state index contributed by atoms with van der Waals surface area (Å²) in [5, 5.41) is 7.12. The number of carboxylic acids is 1. The zero-order valence-corrected chi connectivity index (χ0v) is 11.9. The van der Waals surface area contributed by atoms with Gasteiger partial charge in [-0.25, -0.2) is 4.79 Å². The van der Waals surface area contributed by atoms with Gasteiger partial charge in [0.15, 0.2) is 0 Å². The first kappa shape index (κ1) is 19.7. The van der Waals surface area contributed by atoms with Gasteiger partial charge in [-0.1, -0.05) is 12.1 Å². The number of carbonyl (C=O) groups excluding carboxylic acids is 1. The first-order valence-corrected chi connectivity index (χ1v) is 5.88. The van der Waals surface area contributed by atoms with E-state index >= 15 is 0 Å². The molecule has 22 heavy (non-hydrogen) atoms. The van der Waals surface area contributed by atoms with Crippen molar-refractivity contribution >= 4 is 11.9 Å². The van der Waals surface area contributed by atoms with Gasteiger partial charge < -0.3 is 20.3 Å². The molecule has 0 aliphatic carbocycles. The standard InChI is InChI=1S/C11H15NO3.C2HF3O2/c1-14-9-5-3-8(4-6-9)7-10(12)11(13)15-2;3-2(4,5)1(6)7/h3-6,10H,7,12H2,1-2H3;(H,6,7)/t10-;/m0./s1. The van der Waals surface area contributed by atoms with E-state index in [1.165, 1.54) is 7.11 Å². The van der Waals surface area contributed by atoms with Gasteiger partial charge in [-0.15, -0.1) is 0 Å². The lowest BCUT2D eigenvalue weighted by molar-refractivity contribution is -0.192. The minimum absolute atomic E-state index is 0.397. The van der Waals surface area contributed by atoms with E-state index in [9.17, 15) is 18.0 Å². The van der Waals surface area contributed by atoms with Crippen LogP contribution in [0.4, 0.5) is 13.2 Å². The third-order valence-electron chi connectivity index (χ3n) is 2.36. The van der Waals surface area contributed by atoms with Gasteiger partial charge in [0.1, 0.15) is 11.8 Å². The fraction of sp³-hybridized carbons (Fsp3) is 0.385. The first-order chi connectivity index (χ1) is 10.1. The van der Waals surface area contributed by atoms with Gasteiger partial charge in [0, 0.05) is 0 Å². The number of carboxylic acid groups (broad SMARTS) is 1. The lowest BCUT2D eigenvalue weighted by Crippen LogP contribution is -2.33. The van der Waals surface area contributed by atoms with Crippen molar-refractivity contribution in [3.63, 3.8) is 0 Å². The lowest BCUT2D eigenvalue weighted by Gasteiger charge is -2.09. The van der Waals surface area contributed by atoms with E-state index in [1.54, 1.807) is 7.11 Å². The number of aliphatic carboxylic acids is 1. The molecular formula is C13H16F3NO5. The molecule has 0 unspecified atom stereocenters. The van der Waals surface area contributed by atoms with Crippen molar-refractivity contribution in [1.29, 1.82) is 0 Å². The lowest BCUT2D eigenvalue weighted by atomic mass is 10.1. The normalized spacial score (nSPS) is 11.7. The Labute approximate surface area is 124 Å². The highest BCUT2D eigenvalue weighted by molar-refractivity contribution is 5.75. The van der Waals surface area contributed by atoms with Crippen LogP contribution in [0.3, 0.4) is 0 Å². The summed E-state index contributed by atoms with van der Waals surface area (Å²) in [5.41, 5.74) is 6.60. The Morgan fingerprint density at radius 1 is 1.23 bits per heavy atom. The maximum Gasteiger partial charge on any atom is 0.490 e. The largest absolute Gasteiger partial charge is 0.497 e. The molecular weight excluding hydrogens is 307 g/mol. The SMILES string of the molecule is COC(=O)[C@@H](N)Cc1ccc(OC)cc1.O=C(O)C(F)(F)F. The summed E-state index contributed by atoms with van der Waals surface area (Å²) in [4.78, 5) is 20.0. The highest BCUT2D eigenvalue weighted by Gasteiger charge is 2.38. The second-order valence-corrected chi connectivity index (χ2v) is 3.98. The number of alkyl halides is 3. The second-order valence-electron chi connectivity index (χ2n) is 3.98. The van der Waals surface area contributed by atoms with E-state index in [-0.39, 0.29) is 0 Å². The summed E-state index contributed by atoms with van der Waals surface area (Å²) in [5.74, 6) is -2.37. The molecule has 0 fully saturated rings. The Balaban J connectivity index is 0.000000534. The Morgan fingerprint density at radius 2 is 1.68 bits per heavy atom. The molecule has 9 heteroatoms. The molecule has 0 saturated carbocycles. The number of hydrogen-bond donors (Lipinski definition) is 2. The number of esters is 1. The molecule has 0 bridgehead atoms. The van der Waals surface area contributed by atoms with Crippen LogP contribution in [0.25, 0.3) is 0 Å². The topological polar surface area (TPSA) is 98.9 Å². The average molecular weight is 323 g/mol. The smallest absolute Gasteiger partial charge is 0.490 e. The van der Waals surface area contributed by atoms with Gasteiger partial charge in [-0.05, 0) is 24.1 Å². The predicted molar refractivity (Wildman–Crippen MR) is 70.4 cm³/mol. The van der Waals surface area contributed by atoms with Crippen LogP contribution in [0.5, 0.6) is 5.75 Å². The predicted octanol–water partition coefficient (Wildman–Crippen LogP) is 1.37. The zero-order chi connectivity index (χ0) is 17.3. The summed E-state index contributed by atoms with van der Waals surface area (Å²) < 4.78 is 41.3. The second kappa shape index (κ2) is 8.88. The molecule has 0 amide bonds. The van der Waals surface area contributed by atoms with E-state index in [2.05, 4.69) is 4.74 Å². The molecule has 124 valence electrons. The molecule has 0 aromatic heterocycles. The summed E-state index contributed by atoms with van der Waals surface area (Å²) >= 11 is 0. The molecule has 0 heterocycles. The zero-order valence-electron chi connectivity index (χ0n) is 11.9. The monoisotopic (exact) mass is 323 g/mol. The van der Waals surface area contributed by atoms with Crippen molar-refractivity contribution < 1.29 is 37.3 Å². The molecule has 1 atom stereocenters. The van der Waals surface area contributed by atoms with E-state index in [1.807, 2.05) is 24.3 Å². The Morgan fingerprint density at radius 3 is 2.00 bits per heavy atom. The van der Waals surface area contributed by atoms with Crippen molar-refractivity contribution in [1.82, 2.24) is 0 Å². The van der Waals surface area contributed by atoms with E-state index in [4.69, 9.17) is 20.4 Å². The van der Waals surface area contributed by atoms with Gasteiger partial charge in [0.2, 0.25) is 0 Å². The van der Waals surface area contributed by atoms with Crippen LogP contribution in [0, 0.1) is 0 Å². The van der Waals surface area contributed by atoms with Crippen molar-refractivity contribution in [3.05, 3.63) is 29.8 Å². The maximum absolute atomic E-state index is 11.1. The van der Waals surface area contributed by atoms with Crippen LogP contribution >= 0.6 is 0 Å². The highest BCUT2D eigenvalue weighted by Crippen LogP contribution is 2.13. The number of carbonyl (C=O) groups is 2. The average Bonchev–Trinajstić information content (AvgIpc) is 2.46. The molecule has 0 saturated heterocycles. The summed E-state index contributed by atoms with van der Waals surface area (Å²) in [6, 6.07) is 6.81. The van der Waals surface area contributed by atoms with Gasteiger partial charge in [-0.2, -0.15) is 13.2 Å². The fourth-order valence-electron chi connectivity index (χ4n) is 1.25. The highest BCUT2D eigenvalue weighted by atomic mass is 19.4. The third kappa shape index (κ3) is 7.48. The molecule has 6 nitrogen and oxygen atoms in total. The number of rotatable bonds is 4. The minimum atomic E-state index is -5.08. The van der Waals surface area contributed by atoms with Crippen molar-refractivity contribution in [3.8, 4) is 5.75 Å². The number of benzene rings is 1. The van der Waals surface area contributed by atoms with E-state index in [0.29, 0.717) is 6.42 Å². The molecule has 1 rings (SSSR count). The number of hydrogen-bond acceptors (Lipinski definition) is 5. The summed E-state index contributed by atoms with van der Waals surface area (Å²) in [7, 11) is 2.94. The van der Waals surface area contributed by atoms with Crippen LogP contribution in [0.1, 0.15) is 5.56 Å². The van der Waals surface area contributed by atoms with Gasteiger partial charge in [-0.3, -0.25) is 4.79 Å². The van der Waals surface area contributed by atoms with Gasteiger partial charge >= 0.3 is 18.1 Å². The van der Waals surface area contributed by atoms with Crippen molar-refractivity contribution in [2.24, 2.45) is 5.73 Å². The fourth-order valence-corrected chi connectivity index (χ4v) is 1.25. The molecule has 0 radical (unpaired) electrons. The van der Waals surface area contributed by atoms with Crippen LogP contribution in [0.15, 0.2) is 24.3 Å². The minimum Gasteiger partial charge on any atom is -0.497 e. The molecule has 0 aliphatic heterocycles. The Kier molecular flexibility index (Phi) is 7.95. The van der Waals surface area contributed by atoms with Crippen LogP contribution < -0.4 is 10.5 Å². The van der Waals surface area contributed by atoms with E-state index < -0.39 is 24.2 Å². The first-order valence-electron chi connectivity index (χ1n) is 5.88. The van der Waals surface area contributed by atoms with Gasteiger partial charge in [0.05, 0.1) is 14.2 Å². The van der Waals surface area contributed by atoms with Crippen LogP contribution in [-0.4, -0.2) is 43.5 Å². The number of ether oxygens (including phenoxy) is 2. The molecule has 0 spiro atoms. The Hall–Kier alpha value is -2.29. The van der Waals surface area contributed by atoms with Crippen LogP contribution in [0.2, 0.25) is 0 Å². The molecule has 0 aliphatic rings. The van der Waals surface area contributed by atoms with Crippen molar-refractivity contribution in [2.75, 3.05) is 14.2 Å². The van der Waals surface area contributed by atoms with Crippen molar-refractivity contribution in [2.45, 2.75) is 18.6 Å². The quantitative estimate of drug-likeness (QED) is 0.812.